The lowest BCUT2D eigenvalue weighted by molar-refractivity contribution is 0.00578. The van der Waals surface area contributed by atoms with E-state index in [4.69, 9.17) is 14.4 Å². The molecule has 0 bridgehead atoms. The molecular formula is C22H28BN5O5. The standard InChI is InChI=1S/C22H28BN5O5/c1-21(2)22(3,4)33-23(32-21)14-5-7-15(8-6-14)25-19(29)27-18-11-17(9-10-24-18)28-12-16(13-28)26-20(30)31/h5-11,16,26H,12-13H2,1-4H3,(H,30,31)(H2,24,25,27,29). The molecule has 2 aliphatic heterocycles. The summed E-state index contributed by atoms with van der Waals surface area (Å²) >= 11 is 0. The number of aromatic nitrogens is 1. The zero-order valence-corrected chi connectivity index (χ0v) is 19.1. The second-order valence-corrected chi connectivity index (χ2v) is 9.24. The van der Waals surface area contributed by atoms with Gasteiger partial charge in [-0.2, -0.15) is 0 Å². The van der Waals surface area contributed by atoms with Crippen LogP contribution in [0.3, 0.4) is 0 Å². The SMILES string of the molecule is CC1(C)OB(c2ccc(NC(=O)Nc3cc(N4CC(NC(=O)O)C4)ccn3)cc2)OC1(C)C. The van der Waals surface area contributed by atoms with Crippen molar-refractivity contribution in [1.29, 1.82) is 0 Å². The number of hydrogen-bond acceptors (Lipinski definition) is 6. The number of pyridine rings is 1. The Morgan fingerprint density at radius 2 is 1.70 bits per heavy atom. The van der Waals surface area contributed by atoms with Gasteiger partial charge in [-0.3, -0.25) is 5.32 Å². The Morgan fingerprint density at radius 1 is 1.06 bits per heavy atom. The van der Waals surface area contributed by atoms with E-state index < -0.39 is 30.4 Å². The summed E-state index contributed by atoms with van der Waals surface area (Å²) in [6, 6.07) is 10.3. The molecule has 174 valence electrons. The van der Waals surface area contributed by atoms with Crippen LogP contribution in [0.1, 0.15) is 27.7 Å². The van der Waals surface area contributed by atoms with Gasteiger partial charge in [0.15, 0.2) is 0 Å². The maximum atomic E-state index is 12.4. The summed E-state index contributed by atoms with van der Waals surface area (Å²) in [5.74, 6) is 0.397. The van der Waals surface area contributed by atoms with E-state index in [2.05, 4.69) is 20.9 Å². The van der Waals surface area contributed by atoms with Gasteiger partial charge in [-0.25, -0.2) is 14.6 Å². The lowest BCUT2D eigenvalue weighted by atomic mass is 9.79. The normalized spacial score (nSPS) is 19.0. The van der Waals surface area contributed by atoms with Crippen molar-refractivity contribution in [2.24, 2.45) is 0 Å². The number of amides is 3. The summed E-state index contributed by atoms with van der Waals surface area (Å²) in [7, 11) is -0.461. The van der Waals surface area contributed by atoms with Crippen molar-refractivity contribution in [3.63, 3.8) is 0 Å². The highest BCUT2D eigenvalue weighted by molar-refractivity contribution is 6.62. The van der Waals surface area contributed by atoms with Gasteiger partial charge in [0.1, 0.15) is 5.82 Å². The number of nitrogens with zero attached hydrogens (tertiary/aromatic N) is 2. The molecule has 0 saturated carbocycles. The number of anilines is 3. The zero-order chi connectivity index (χ0) is 23.8. The average Bonchev–Trinajstić information content (AvgIpc) is 2.92. The van der Waals surface area contributed by atoms with Crippen LogP contribution in [0, 0.1) is 0 Å². The Labute approximate surface area is 192 Å². The van der Waals surface area contributed by atoms with Crippen LogP contribution in [0.15, 0.2) is 42.6 Å². The first-order chi connectivity index (χ1) is 15.5. The Morgan fingerprint density at radius 3 is 2.30 bits per heavy atom. The summed E-state index contributed by atoms with van der Waals surface area (Å²) in [6.45, 7) is 9.15. The van der Waals surface area contributed by atoms with Gasteiger partial charge in [-0.15, -0.1) is 0 Å². The van der Waals surface area contributed by atoms with Gasteiger partial charge in [0, 0.05) is 36.7 Å². The van der Waals surface area contributed by atoms with Crippen molar-refractivity contribution in [1.82, 2.24) is 10.3 Å². The molecule has 0 atom stereocenters. The zero-order valence-electron chi connectivity index (χ0n) is 19.1. The number of benzene rings is 1. The predicted molar refractivity (Wildman–Crippen MR) is 126 cm³/mol. The summed E-state index contributed by atoms with van der Waals surface area (Å²) in [5, 5.41) is 16.7. The highest BCUT2D eigenvalue weighted by atomic mass is 16.7. The Balaban J connectivity index is 1.31. The average molecular weight is 453 g/mol. The van der Waals surface area contributed by atoms with Crippen molar-refractivity contribution < 1.29 is 24.0 Å². The van der Waals surface area contributed by atoms with E-state index >= 15 is 0 Å². The lowest BCUT2D eigenvalue weighted by Gasteiger charge is -2.40. The minimum absolute atomic E-state index is 0.101. The van der Waals surface area contributed by atoms with Gasteiger partial charge in [0.25, 0.3) is 0 Å². The van der Waals surface area contributed by atoms with E-state index in [-0.39, 0.29) is 6.04 Å². The molecule has 4 rings (SSSR count). The first-order valence-electron chi connectivity index (χ1n) is 10.8. The number of carbonyl (C=O) groups excluding carboxylic acids is 1. The van der Waals surface area contributed by atoms with Crippen molar-refractivity contribution >= 4 is 41.9 Å². The molecule has 3 heterocycles. The molecule has 11 heteroatoms. The quantitative estimate of drug-likeness (QED) is 0.513. The van der Waals surface area contributed by atoms with E-state index in [0.717, 1.165) is 11.2 Å². The summed E-state index contributed by atoms with van der Waals surface area (Å²) in [4.78, 5) is 29.3. The number of nitrogens with one attached hydrogen (secondary N) is 3. The molecule has 1 aromatic heterocycles. The van der Waals surface area contributed by atoms with E-state index in [9.17, 15) is 9.59 Å². The van der Waals surface area contributed by atoms with Crippen LogP contribution in [-0.4, -0.2) is 59.7 Å². The van der Waals surface area contributed by atoms with Crippen LogP contribution in [0.2, 0.25) is 0 Å². The molecule has 0 unspecified atom stereocenters. The van der Waals surface area contributed by atoms with Crippen molar-refractivity contribution in [3.8, 4) is 0 Å². The Bertz CT molecular complexity index is 1020. The molecule has 2 saturated heterocycles. The molecule has 0 radical (unpaired) electrons. The number of carbonyl (C=O) groups is 2. The predicted octanol–water partition coefficient (Wildman–Crippen LogP) is 2.48. The third-order valence-corrected chi connectivity index (χ3v) is 6.25. The van der Waals surface area contributed by atoms with Crippen molar-refractivity contribution in [2.75, 3.05) is 28.6 Å². The lowest BCUT2D eigenvalue weighted by Crippen LogP contribution is -2.59. The second-order valence-electron chi connectivity index (χ2n) is 9.24. The number of carboxylic acid groups (broad SMARTS) is 1. The van der Waals surface area contributed by atoms with Crippen LogP contribution in [0.25, 0.3) is 0 Å². The molecule has 2 aliphatic rings. The van der Waals surface area contributed by atoms with E-state index in [1.165, 1.54) is 0 Å². The summed E-state index contributed by atoms with van der Waals surface area (Å²) < 4.78 is 12.1. The highest BCUT2D eigenvalue weighted by Crippen LogP contribution is 2.36. The fraction of sp³-hybridized carbons (Fsp3) is 0.409. The fourth-order valence-corrected chi connectivity index (χ4v) is 3.62. The topological polar surface area (TPSA) is 125 Å². The highest BCUT2D eigenvalue weighted by Gasteiger charge is 2.51. The molecule has 2 aromatic rings. The number of hydrogen-bond donors (Lipinski definition) is 4. The third-order valence-electron chi connectivity index (χ3n) is 6.25. The monoisotopic (exact) mass is 453 g/mol. The van der Waals surface area contributed by atoms with Gasteiger partial charge < -0.3 is 29.9 Å². The van der Waals surface area contributed by atoms with Gasteiger partial charge in [0.2, 0.25) is 0 Å². The van der Waals surface area contributed by atoms with Gasteiger partial charge in [0.05, 0.1) is 17.2 Å². The third kappa shape index (κ3) is 5.04. The van der Waals surface area contributed by atoms with E-state index in [1.807, 2.05) is 50.8 Å². The van der Waals surface area contributed by atoms with Gasteiger partial charge in [-0.1, -0.05) is 12.1 Å². The maximum absolute atomic E-state index is 12.4. The van der Waals surface area contributed by atoms with Crippen molar-refractivity contribution in [2.45, 2.75) is 44.9 Å². The molecule has 0 spiro atoms. The molecule has 4 N–H and O–H groups in total. The molecule has 2 fully saturated rings. The Hall–Kier alpha value is -3.31. The Kier molecular flexibility index (Phi) is 5.94. The first-order valence-corrected chi connectivity index (χ1v) is 10.8. The molecule has 3 amide bonds. The summed E-state index contributed by atoms with van der Waals surface area (Å²) in [6.07, 6.45) is 0.569. The van der Waals surface area contributed by atoms with E-state index in [1.54, 1.807) is 24.4 Å². The van der Waals surface area contributed by atoms with Crippen LogP contribution >= 0.6 is 0 Å². The second kappa shape index (κ2) is 8.56. The molecule has 33 heavy (non-hydrogen) atoms. The molecule has 10 nitrogen and oxygen atoms in total. The van der Waals surface area contributed by atoms with Crippen LogP contribution in [-0.2, 0) is 9.31 Å². The van der Waals surface area contributed by atoms with Crippen molar-refractivity contribution in [3.05, 3.63) is 42.6 Å². The minimum atomic E-state index is -1.03. The minimum Gasteiger partial charge on any atom is -0.465 e. The number of urea groups is 1. The van der Waals surface area contributed by atoms with Gasteiger partial charge >= 0.3 is 19.2 Å². The first kappa shape index (κ1) is 22.9. The largest absolute Gasteiger partial charge is 0.494 e. The molecule has 0 aliphatic carbocycles. The van der Waals surface area contributed by atoms with E-state index in [0.29, 0.717) is 24.6 Å². The smallest absolute Gasteiger partial charge is 0.465 e. The summed E-state index contributed by atoms with van der Waals surface area (Å²) in [5.41, 5.74) is 1.52. The van der Waals surface area contributed by atoms with Gasteiger partial charge in [-0.05, 0) is 51.4 Å². The van der Waals surface area contributed by atoms with Crippen LogP contribution in [0.4, 0.5) is 26.8 Å². The molecule has 1 aromatic carbocycles. The molecular weight excluding hydrogens is 425 g/mol. The maximum Gasteiger partial charge on any atom is 0.494 e. The number of rotatable bonds is 5. The van der Waals surface area contributed by atoms with Crippen LogP contribution in [0.5, 0.6) is 0 Å². The van der Waals surface area contributed by atoms with Crippen LogP contribution < -0.4 is 26.3 Å². The fourth-order valence-electron chi connectivity index (χ4n) is 3.62.